The Balaban J connectivity index is 2.11. The van der Waals surface area contributed by atoms with Crippen LogP contribution in [0.3, 0.4) is 0 Å². The van der Waals surface area contributed by atoms with Gasteiger partial charge in [0, 0.05) is 17.2 Å². The van der Waals surface area contributed by atoms with E-state index in [9.17, 15) is 18.4 Å². The van der Waals surface area contributed by atoms with Crippen molar-refractivity contribution < 1.29 is 27.8 Å². The van der Waals surface area contributed by atoms with E-state index in [2.05, 4.69) is 4.74 Å². The van der Waals surface area contributed by atoms with Crippen molar-refractivity contribution in [2.45, 2.75) is 27.4 Å². The van der Waals surface area contributed by atoms with Gasteiger partial charge in [0.1, 0.15) is 18.2 Å². The molecule has 0 aliphatic heterocycles. The lowest BCUT2D eigenvalue weighted by Crippen LogP contribution is -2.12. The van der Waals surface area contributed by atoms with E-state index >= 15 is 0 Å². The normalized spacial score (nSPS) is 20.9. The van der Waals surface area contributed by atoms with Gasteiger partial charge in [-0.2, -0.15) is 0 Å². The van der Waals surface area contributed by atoms with Crippen LogP contribution in [-0.2, 0) is 25.7 Å². The van der Waals surface area contributed by atoms with Gasteiger partial charge in [-0.05, 0) is 18.3 Å². The van der Waals surface area contributed by atoms with E-state index in [1.165, 1.54) is 20.1 Å². The van der Waals surface area contributed by atoms with Crippen LogP contribution in [0.2, 0.25) is 10.0 Å². The number of halogens is 4. The second-order valence-electron chi connectivity index (χ2n) is 6.67. The highest BCUT2D eigenvalue weighted by atomic mass is 35.5. The van der Waals surface area contributed by atoms with Crippen LogP contribution in [0.5, 0.6) is 0 Å². The SMILES string of the molecule is COC(=O)/C=C\[C@H]1[C@@H](C(=O)OCc2c(Cl)c(F)c(C)c(F)c2Cl)C1(C)C. The molecule has 0 bridgehead atoms. The standard InChI is InChI=1S/C18H18Cl2F2O4/c1-8-15(21)13(19)9(14(20)16(8)22)7-26-17(24)12-10(18(12,2)3)5-6-11(23)25-4/h5-6,10,12H,7H2,1-4H3/b6-5-/t10-,12-/m0/s1. The zero-order valence-corrected chi connectivity index (χ0v) is 16.2. The van der Waals surface area contributed by atoms with Crippen molar-refractivity contribution in [1.29, 1.82) is 0 Å². The minimum atomic E-state index is -0.940. The summed E-state index contributed by atoms with van der Waals surface area (Å²) >= 11 is 11.7. The Labute approximate surface area is 160 Å². The zero-order chi connectivity index (χ0) is 19.8. The molecule has 0 heterocycles. The van der Waals surface area contributed by atoms with Crippen LogP contribution in [-0.4, -0.2) is 19.0 Å². The van der Waals surface area contributed by atoms with Gasteiger partial charge in [-0.1, -0.05) is 43.1 Å². The van der Waals surface area contributed by atoms with Crippen molar-refractivity contribution in [2.24, 2.45) is 17.3 Å². The van der Waals surface area contributed by atoms with Crippen LogP contribution in [0.1, 0.15) is 25.0 Å². The maximum absolute atomic E-state index is 13.9. The number of methoxy groups -OCH3 is 1. The van der Waals surface area contributed by atoms with Crippen LogP contribution in [0.15, 0.2) is 12.2 Å². The number of hydrogen-bond acceptors (Lipinski definition) is 4. The first kappa shape index (κ1) is 20.6. The summed E-state index contributed by atoms with van der Waals surface area (Å²) in [5, 5.41) is -0.752. The van der Waals surface area contributed by atoms with Crippen LogP contribution in [0.4, 0.5) is 8.78 Å². The Bertz CT molecular complexity index is 761. The fourth-order valence-corrected chi connectivity index (χ4v) is 3.51. The highest BCUT2D eigenvalue weighted by Crippen LogP contribution is 2.59. The molecular weight excluding hydrogens is 389 g/mol. The van der Waals surface area contributed by atoms with Gasteiger partial charge in [0.2, 0.25) is 0 Å². The largest absolute Gasteiger partial charge is 0.466 e. The quantitative estimate of drug-likeness (QED) is 0.406. The Morgan fingerprint density at radius 1 is 1.19 bits per heavy atom. The average molecular weight is 407 g/mol. The predicted molar refractivity (Wildman–Crippen MR) is 92.8 cm³/mol. The molecule has 0 spiro atoms. The van der Waals surface area contributed by atoms with Gasteiger partial charge >= 0.3 is 11.9 Å². The number of carbonyl (C=O) groups is 2. The molecule has 1 aliphatic carbocycles. The zero-order valence-electron chi connectivity index (χ0n) is 14.7. The smallest absolute Gasteiger partial charge is 0.330 e. The van der Waals surface area contributed by atoms with Crippen LogP contribution >= 0.6 is 23.2 Å². The minimum absolute atomic E-state index is 0.123. The van der Waals surface area contributed by atoms with E-state index in [1.54, 1.807) is 6.08 Å². The Morgan fingerprint density at radius 2 is 1.73 bits per heavy atom. The van der Waals surface area contributed by atoms with E-state index in [4.69, 9.17) is 27.9 Å². The first-order valence-corrected chi connectivity index (χ1v) is 8.53. The minimum Gasteiger partial charge on any atom is -0.466 e. The van der Waals surface area contributed by atoms with Crippen molar-refractivity contribution in [3.8, 4) is 0 Å². The molecule has 1 aromatic carbocycles. The third kappa shape index (κ3) is 3.71. The maximum Gasteiger partial charge on any atom is 0.330 e. The van der Waals surface area contributed by atoms with Gasteiger partial charge in [-0.3, -0.25) is 4.79 Å². The lowest BCUT2D eigenvalue weighted by atomic mass is 10.1. The van der Waals surface area contributed by atoms with E-state index in [0.29, 0.717) is 0 Å². The summed E-state index contributed by atoms with van der Waals surface area (Å²) in [6.45, 7) is 4.45. The molecular formula is C18H18Cl2F2O4. The molecule has 0 radical (unpaired) electrons. The average Bonchev–Trinajstić information content (AvgIpc) is 3.16. The third-order valence-electron chi connectivity index (χ3n) is 4.74. The molecule has 1 saturated carbocycles. The van der Waals surface area contributed by atoms with E-state index < -0.39 is 41.5 Å². The Hall–Kier alpha value is -1.66. The molecule has 1 fully saturated rings. The molecule has 1 aliphatic rings. The number of rotatable bonds is 5. The molecule has 0 saturated heterocycles. The highest BCUT2D eigenvalue weighted by Gasteiger charge is 2.61. The van der Waals surface area contributed by atoms with E-state index in [1.807, 2.05) is 13.8 Å². The highest BCUT2D eigenvalue weighted by molar-refractivity contribution is 6.36. The molecule has 142 valence electrons. The van der Waals surface area contributed by atoms with E-state index in [0.717, 1.165) is 0 Å². The summed E-state index contributed by atoms with van der Waals surface area (Å²) in [7, 11) is 1.25. The number of benzene rings is 1. The van der Waals surface area contributed by atoms with Crippen molar-refractivity contribution >= 4 is 35.1 Å². The van der Waals surface area contributed by atoms with Gasteiger partial charge in [0.25, 0.3) is 0 Å². The molecule has 0 unspecified atom stereocenters. The molecule has 1 aromatic rings. The summed E-state index contributed by atoms with van der Waals surface area (Å²) in [6, 6.07) is 0. The number of ether oxygens (including phenoxy) is 2. The maximum atomic E-state index is 13.9. The van der Waals surface area contributed by atoms with Gasteiger partial charge in [0.05, 0.1) is 23.1 Å². The third-order valence-corrected chi connectivity index (χ3v) is 5.53. The van der Waals surface area contributed by atoms with Gasteiger partial charge in [-0.25, -0.2) is 13.6 Å². The predicted octanol–water partition coefficient (Wildman–Crippen LogP) is 4.62. The molecule has 4 nitrogen and oxygen atoms in total. The number of carbonyl (C=O) groups excluding carboxylic acids is 2. The molecule has 2 rings (SSSR count). The van der Waals surface area contributed by atoms with Crippen molar-refractivity contribution in [2.75, 3.05) is 7.11 Å². The summed E-state index contributed by atoms with van der Waals surface area (Å²) in [5.74, 6) is -3.69. The second kappa shape index (κ2) is 7.53. The van der Waals surface area contributed by atoms with Crippen LogP contribution < -0.4 is 0 Å². The monoisotopic (exact) mass is 406 g/mol. The Morgan fingerprint density at radius 3 is 2.23 bits per heavy atom. The van der Waals surface area contributed by atoms with Gasteiger partial charge in [-0.15, -0.1) is 0 Å². The molecule has 8 heteroatoms. The summed E-state index contributed by atoms with van der Waals surface area (Å²) in [6.07, 6.45) is 2.83. The first-order valence-electron chi connectivity index (χ1n) is 7.78. The summed E-state index contributed by atoms with van der Waals surface area (Å²) in [4.78, 5) is 23.5. The summed E-state index contributed by atoms with van der Waals surface area (Å²) < 4.78 is 37.5. The lowest BCUT2D eigenvalue weighted by Gasteiger charge is -2.12. The lowest BCUT2D eigenvalue weighted by molar-refractivity contribution is -0.147. The van der Waals surface area contributed by atoms with Crippen molar-refractivity contribution in [1.82, 2.24) is 0 Å². The molecule has 0 amide bonds. The fraction of sp³-hybridized carbons (Fsp3) is 0.444. The number of hydrogen-bond donors (Lipinski definition) is 0. The van der Waals surface area contributed by atoms with Crippen LogP contribution in [0, 0.1) is 35.8 Å². The first-order chi connectivity index (χ1) is 12.0. The van der Waals surface area contributed by atoms with Crippen molar-refractivity contribution in [3.05, 3.63) is 45.0 Å². The van der Waals surface area contributed by atoms with Gasteiger partial charge < -0.3 is 9.47 Å². The topological polar surface area (TPSA) is 52.6 Å². The molecule has 2 atom stereocenters. The van der Waals surface area contributed by atoms with Crippen LogP contribution in [0.25, 0.3) is 0 Å². The fourth-order valence-electron chi connectivity index (χ4n) is 2.88. The van der Waals surface area contributed by atoms with Gasteiger partial charge in [0.15, 0.2) is 0 Å². The molecule has 0 N–H and O–H groups in total. The Kier molecular flexibility index (Phi) is 5.98. The number of esters is 2. The number of allylic oxidation sites excluding steroid dienone is 1. The van der Waals surface area contributed by atoms with E-state index in [-0.39, 0.29) is 27.1 Å². The molecule has 0 aromatic heterocycles. The molecule has 26 heavy (non-hydrogen) atoms. The summed E-state index contributed by atoms with van der Waals surface area (Å²) in [5.41, 5.74) is -0.840. The van der Waals surface area contributed by atoms with Crippen molar-refractivity contribution in [3.63, 3.8) is 0 Å². The second-order valence-corrected chi connectivity index (χ2v) is 7.43.